The fourth-order valence-corrected chi connectivity index (χ4v) is 3.69. The number of halogens is 2. The van der Waals surface area contributed by atoms with E-state index in [9.17, 15) is 13.2 Å². The Labute approximate surface area is 193 Å². The third-order valence-corrected chi connectivity index (χ3v) is 5.21. The van der Waals surface area contributed by atoms with E-state index in [4.69, 9.17) is 27.9 Å². The highest BCUT2D eigenvalue weighted by Gasteiger charge is 2.21. The summed E-state index contributed by atoms with van der Waals surface area (Å²) in [4.78, 5) is 16.8. The molecule has 0 aliphatic rings. The van der Waals surface area contributed by atoms with Crippen LogP contribution in [-0.2, 0) is 21.8 Å². The van der Waals surface area contributed by atoms with E-state index < -0.39 is 22.2 Å². The molecule has 3 aromatic rings. The first-order valence-electron chi connectivity index (χ1n) is 8.96. The molecule has 0 saturated heterocycles. The molecule has 1 amide bonds. The summed E-state index contributed by atoms with van der Waals surface area (Å²) in [6, 6.07) is 4.54. The Morgan fingerprint density at radius 1 is 1.22 bits per heavy atom. The number of pyridine rings is 1. The van der Waals surface area contributed by atoms with Gasteiger partial charge >= 0.3 is 6.09 Å². The smallest absolute Gasteiger partial charge is 0.413 e. The van der Waals surface area contributed by atoms with Crippen LogP contribution in [0.3, 0.4) is 0 Å². The van der Waals surface area contributed by atoms with Crippen LogP contribution in [0.2, 0.25) is 10.3 Å². The van der Waals surface area contributed by atoms with Gasteiger partial charge in [-0.15, -0.1) is 15.3 Å². The maximum absolute atomic E-state index is 12.5. The number of amides is 1. The quantitative estimate of drug-likeness (QED) is 0.519. The topological polar surface area (TPSA) is 154 Å². The van der Waals surface area contributed by atoms with Crippen LogP contribution in [0.5, 0.6) is 0 Å². The van der Waals surface area contributed by atoms with Crippen molar-refractivity contribution in [3.8, 4) is 11.4 Å². The zero-order valence-corrected chi connectivity index (χ0v) is 19.6. The van der Waals surface area contributed by atoms with Gasteiger partial charge in [0.05, 0.1) is 23.3 Å². The van der Waals surface area contributed by atoms with Gasteiger partial charge in [0.15, 0.2) is 21.8 Å². The number of nitrogens with one attached hydrogen (secondary N) is 2. The number of ether oxygens (including phenoxy) is 1. The maximum atomic E-state index is 12.5. The minimum Gasteiger partial charge on any atom is -0.441 e. The fourth-order valence-electron chi connectivity index (χ4n) is 2.67. The first-order valence-corrected chi connectivity index (χ1v) is 11.6. The van der Waals surface area contributed by atoms with Gasteiger partial charge in [-0.05, 0) is 32.0 Å². The molecule has 0 fully saturated rings. The normalized spacial score (nSPS) is 12.3. The lowest BCUT2D eigenvalue weighted by atomic mass is 10.2. The highest BCUT2D eigenvalue weighted by atomic mass is 35.5. The molecule has 0 aliphatic heterocycles. The van der Waals surface area contributed by atoms with Crippen molar-refractivity contribution in [2.75, 3.05) is 16.3 Å². The second-order valence-electron chi connectivity index (χ2n) is 6.70. The molecule has 3 heterocycles. The highest BCUT2D eigenvalue weighted by Crippen LogP contribution is 2.28. The Morgan fingerprint density at radius 2 is 1.94 bits per heavy atom. The Bertz CT molecular complexity index is 1280. The molecule has 0 spiro atoms. The van der Waals surface area contributed by atoms with E-state index in [1.165, 1.54) is 10.7 Å². The summed E-state index contributed by atoms with van der Waals surface area (Å²) < 4.78 is 32.0. The molecule has 170 valence electrons. The van der Waals surface area contributed by atoms with Crippen LogP contribution in [0.25, 0.3) is 11.4 Å². The molecule has 3 rings (SSSR count). The van der Waals surface area contributed by atoms with Crippen molar-refractivity contribution in [2.45, 2.75) is 20.0 Å². The lowest BCUT2D eigenvalue weighted by Gasteiger charge is -2.15. The summed E-state index contributed by atoms with van der Waals surface area (Å²) in [6.07, 6.45) is -0.539. The SMILES string of the molecule is Cc1nc(-c2nnn(C)c2NC(=O)OC(C)c2cc(Cl)nnc2Cl)ccc1NS(C)(=O)=O. The van der Waals surface area contributed by atoms with Crippen LogP contribution in [0.1, 0.15) is 24.3 Å². The fraction of sp³-hybridized carbons (Fsp3) is 0.294. The van der Waals surface area contributed by atoms with Crippen molar-refractivity contribution in [2.24, 2.45) is 7.05 Å². The zero-order valence-electron chi connectivity index (χ0n) is 17.3. The van der Waals surface area contributed by atoms with Gasteiger partial charge in [0.25, 0.3) is 0 Å². The van der Waals surface area contributed by atoms with Gasteiger partial charge in [0.2, 0.25) is 10.0 Å². The predicted molar refractivity (Wildman–Crippen MR) is 118 cm³/mol. The number of hydrogen-bond donors (Lipinski definition) is 2. The molecule has 0 bridgehead atoms. The summed E-state index contributed by atoms with van der Waals surface area (Å²) >= 11 is 11.8. The molecule has 0 aromatic carbocycles. The highest BCUT2D eigenvalue weighted by molar-refractivity contribution is 7.92. The summed E-state index contributed by atoms with van der Waals surface area (Å²) in [5.41, 5.74) is 1.75. The first-order chi connectivity index (χ1) is 14.9. The number of aryl methyl sites for hydroxylation is 2. The average molecular weight is 501 g/mol. The first kappa shape index (κ1) is 23.6. The van der Waals surface area contributed by atoms with Crippen molar-refractivity contribution in [1.82, 2.24) is 30.2 Å². The number of nitrogens with zero attached hydrogens (tertiary/aromatic N) is 6. The molecule has 0 aliphatic carbocycles. The number of hydrogen-bond acceptors (Lipinski definition) is 9. The van der Waals surface area contributed by atoms with Crippen LogP contribution in [0.15, 0.2) is 18.2 Å². The molecule has 12 nitrogen and oxygen atoms in total. The number of aromatic nitrogens is 6. The lowest BCUT2D eigenvalue weighted by Crippen LogP contribution is -2.19. The van der Waals surface area contributed by atoms with Gasteiger partial charge in [-0.1, -0.05) is 28.4 Å². The molecule has 15 heteroatoms. The second-order valence-corrected chi connectivity index (χ2v) is 9.19. The van der Waals surface area contributed by atoms with E-state index in [0.717, 1.165) is 6.26 Å². The molecule has 2 N–H and O–H groups in total. The van der Waals surface area contributed by atoms with Crippen molar-refractivity contribution >= 4 is 50.8 Å². The molecular weight excluding hydrogens is 483 g/mol. The van der Waals surface area contributed by atoms with Gasteiger partial charge in [-0.2, -0.15) is 0 Å². The molecule has 1 atom stereocenters. The van der Waals surface area contributed by atoms with Crippen LogP contribution < -0.4 is 10.0 Å². The Kier molecular flexibility index (Phi) is 6.81. The van der Waals surface area contributed by atoms with Gasteiger partial charge in [-0.3, -0.25) is 10.0 Å². The van der Waals surface area contributed by atoms with Crippen molar-refractivity contribution < 1.29 is 17.9 Å². The van der Waals surface area contributed by atoms with Crippen LogP contribution in [0.4, 0.5) is 16.3 Å². The van der Waals surface area contributed by atoms with Crippen LogP contribution in [-0.4, -0.2) is 50.9 Å². The number of carbonyl (C=O) groups excluding carboxylic acids is 1. The average Bonchev–Trinajstić information content (AvgIpc) is 3.04. The summed E-state index contributed by atoms with van der Waals surface area (Å²) in [7, 11) is -1.88. The molecule has 3 aromatic heterocycles. The molecule has 0 radical (unpaired) electrons. The van der Waals surface area contributed by atoms with Gasteiger partial charge in [0.1, 0.15) is 6.10 Å². The summed E-state index contributed by atoms with van der Waals surface area (Å²) in [5.74, 6) is 0.218. The number of carbonyl (C=O) groups is 1. The number of anilines is 2. The van der Waals surface area contributed by atoms with E-state index in [1.807, 2.05) is 0 Å². The summed E-state index contributed by atoms with van der Waals surface area (Å²) in [6.45, 7) is 3.23. The summed E-state index contributed by atoms with van der Waals surface area (Å²) in [5, 5.41) is 18.0. The molecule has 32 heavy (non-hydrogen) atoms. The third kappa shape index (κ3) is 5.60. The van der Waals surface area contributed by atoms with E-state index >= 15 is 0 Å². The van der Waals surface area contributed by atoms with Crippen molar-refractivity contribution in [3.05, 3.63) is 39.8 Å². The molecule has 0 saturated carbocycles. The Hall–Kier alpha value is -3.03. The van der Waals surface area contributed by atoms with Gasteiger partial charge in [0, 0.05) is 12.6 Å². The van der Waals surface area contributed by atoms with Crippen molar-refractivity contribution in [3.63, 3.8) is 0 Å². The second kappa shape index (κ2) is 9.22. The standard InChI is InChI=1S/C17H18Cl2N8O4S/c1-8-11(25-32(4,29)30)5-6-12(20-8)14-16(27(3)26-23-14)21-17(28)31-9(2)10-7-13(18)22-24-15(10)19/h5-7,9,25H,1-4H3,(H,21,28). The van der Waals surface area contributed by atoms with Crippen molar-refractivity contribution in [1.29, 1.82) is 0 Å². The zero-order chi connectivity index (χ0) is 23.6. The molecule has 1 unspecified atom stereocenters. The maximum Gasteiger partial charge on any atom is 0.413 e. The minimum atomic E-state index is -3.46. The van der Waals surface area contributed by atoms with Gasteiger partial charge < -0.3 is 4.74 Å². The van der Waals surface area contributed by atoms with Gasteiger partial charge in [-0.25, -0.2) is 22.9 Å². The monoisotopic (exact) mass is 500 g/mol. The van der Waals surface area contributed by atoms with E-state index in [-0.39, 0.29) is 21.8 Å². The number of rotatable bonds is 6. The molecular formula is C17H18Cl2N8O4S. The van der Waals surface area contributed by atoms with E-state index in [2.05, 4.69) is 35.5 Å². The van der Waals surface area contributed by atoms with Crippen LogP contribution in [0, 0.1) is 6.92 Å². The van der Waals surface area contributed by atoms with Crippen LogP contribution >= 0.6 is 23.2 Å². The third-order valence-electron chi connectivity index (χ3n) is 4.14. The Morgan fingerprint density at radius 3 is 2.59 bits per heavy atom. The minimum absolute atomic E-state index is 0.0556. The van der Waals surface area contributed by atoms with E-state index in [1.54, 1.807) is 33.0 Å². The lowest BCUT2D eigenvalue weighted by molar-refractivity contribution is 0.120. The predicted octanol–water partition coefficient (Wildman–Crippen LogP) is 2.96. The number of sulfonamides is 1. The van der Waals surface area contributed by atoms with E-state index in [0.29, 0.717) is 22.6 Å². The Balaban J connectivity index is 1.81. The largest absolute Gasteiger partial charge is 0.441 e.